The second-order valence-corrected chi connectivity index (χ2v) is 5.62. The molecule has 2 N–H and O–H groups in total. The van der Waals surface area contributed by atoms with Crippen LogP contribution in [0.1, 0.15) is 18.1 Å². The van der Waals surface area contributed by atoms with E-state index in [-0.39, 0.29) is 24.0 Å². The number of halogens is 1. The maximum atomic E-state index is 5.89. The highest BCUT2D eigenvalue weighted by molar-refractivity contribution is 14.0. The zero-order chi connectivity index (χ0) is 18.6. The lowest BCUT2D eigenvalue weighted by Gasteiger charge is -2.13. The van der Waals surface area contributed by atoms with Crippen LogP contribution in [0.3, 0.4) is 0 Å². The van der Waals surface area contributed by atoms with Gasteiger partial charge < -0.3 is 20.1 Å². The van der Waals surface area contributed by atoms with Gasteiger partial charge in [0.25, 0.3) is 0 Å². The Hall–Kier alpha value is -2.22. The molecule has 0 aliphatic heterocycles. The molecule has 0 saturated carbocycles. The fourth-order valence-corrected chi connectivity index (χ4v) is 2.35. The smallest absolute Gasteiger partial charge is 0.191 e. The van der Waals surface area contributed by atoms with E-state index in [1.54, 1.807) is 13.2 Å². The SMILES string of the molecule is C=CCNC(=NCc1ccc(OCc2ccccc2)c(OC)c1)NCC.I. The van der Waals surface area contributed by atoms with E-state index in [0.717, 1.165) is 29.4 Å². The summed E-state index contributed by atoms with van der Waals surface area (Å²) >= 11 is 0. The lowest BCUT2D eigenvalue weighted by Crippen LogP contribution is -2.37. The van der Waals surface area contributed by atoms with Gasteiger partial charge in [-0.2, -0.15) is 0 Å². The molecule has 2 aromatic carbocycles. The van der Waals surface area contributed by atoms with Gasteiger partial charge in [-0.1, -0.05) is 42.5 Å². The molecule has 0 aromatic heterocycles. The van der Waals surface area contributed by atoms with Crippen LogP contribution in [0.2, 0.25) is 0 Å². The Bertz CT molecular complexity index is 721. The molecule has 0 spiro atoms. The van der Waals surface area contributed by atoms with Crippen LogP contribution in [0.5, 0.6) is 11.5 Å². The van der Waals surface area contributed by atoms with Crippen molar-refractivity contribution in [2.24, 2.45) is 4.99 Å². The van der Waals surface area contributed by atoms with E-state index in [4.69, 9.17) is 9.47 Å². The quantitative estimate of drug-likeness (QED) is 0.245. The molecule has 0 heterocycles. The molecule has 5 nitrogen and oxygen atoms in total. The van der Waals surface area contributed by atoms with Crippen molar-refractivity contribution in [3.63, 3.8) is 0 Å². The van der Waals surface area contributed by atoms with E-state index in [9.17, 15) is 0 Å². The molecule has 0 bridgehead atoms. The maximum Gasteiger partial charge on any atom is 0.191 e. The molecular formula is C21H28IN3O2. The van der Waals surface area contributed by atoms with Crippen LogP contribution in [0, 0.1) is 0 Å². The van der Waals surface area contributed by atoms with E-state index >= 15 is 0 Å². The van der Waals surface area contributed by atoms with Crippen LogP contribution in [0.4, 0.5) is 0 Å². The molecular weight excluding hydrogens is 453 g/mol. The average molecular weight is 481 g/mol. The van der Waals surface area contributed by atoms with Crippen molar-refractivity contribution in [3.8, 4) is 11.5 Å². The molecule has 0 saturated heterocycles. The molecule has 2 aromatic rings. The van der Waals surface area contributed by atoms with Crippen molar-refractivity contribution in [2.45, 2.75) is 20.1 Å². The van der Waals surface area contributed by atoms with Crippen LogP contribution in [-0.2, 0) is 13.2 Å². The van der Waals surface area contributed by atoms with Crippen LogP contribution in [0.15, 0.2) is 66.2 Å². The minimum atomic E-state index is 0. The van der Waals surface area contributed by atoms with Gasteiger partial charge in [0.2, 0.25) is 0 Å². The Morgan fingerprint density at radius 3 is 2.52 bits per heavy atom. The van der Waals surface area contributed by atoms with Gasteiger partial charge in [0.1, 0.15) is 6.61 Å². The number of hydrogen-bond donors (Lipinski definition) is 2. The highest BCUT2D eigenvalue weighted by Crippen LogP contribution is 2.29. The minimum Gasteiger partial charge on any atom is -0.493 e. The van der Waals surface area contributed by atoms with Crippen LogP contribution in [-0.4, -0.2) is 26.2 Å². The Labute approximate surface area is 178 Å². The Kier molecular flexibility index (Phi) is 11.0. The van der Waals surface area contributed by atoms with E-state index in [1.165, 1.54) is 0 Å². The lowest BCUT2D eigenvalue weighted by atomic mass is 10.2. The van der Waals surface area contributed by atoms with E-state index in [0.29, 0.717) is 25.4 Å². The second-order valence-electron chi connectivity index (χ2n) is 5.62. The molecule has 146 valence electrons. The number of ether oxygens (including phenoxy) is 2. The summed E-state index contributed by atoms with van der Waals surface area (Å²) < 4.78 is 11.4. The van der Waals surface area contributed by atoms with Crippen LogP contribution in [0.25, 0.3) is 0 Å². The molecule has 27 heavy (non-hydrogen) atoms. The fourth-order valence-electron chi connectivity index (χ4n) is 2.35. The molecule has 6 heteroatoms. The van der Waals surface area contributed by atoms with E-state index in [2.05, 4.69) is 22.2 Å². The summed E-state index contributed by atoms with van der Waals surface area (Å²) in [7, 11) is 1.65. The lowest BCUT2D eigenvalue weighted by molar-refractivity contribution is 0.284. The van der Waals surface area contributed by atoms with E-state index < -0.39 is 0 Å². The van der Waals surface area contributed by atoms with Crippen molar-refractivity contribution in [3.05, 3.63) is 72.3 Å². The summed E-state index contributed by atoms with van der Waals surface area (Å²) in [5, 5.41) is 6.39. The average Bonchev–Trinajstić information content (AvgIpc) is 2.69. The summed E-state index contributed by atoms with van der Waals surface area (Å²) in [5.41, 5.74) is 2.16. The Morgan fingerprint density at radius 1 is 1.07 bits per heavy atom. The summed E-state index contributed by atoms with van der Waals surface area (Å²) in [6.07, 6.45) is 1.80. The third-order valence-electron chi connectivity index (χ3n) is 3.64. The number of nitrogens with zero attached hydrogens (tertiary/aromatic N) is 1. The summed E-state index contributed by atoms with van der Waals surface area (Å²) in [5.74, 6) is 2.19. The zero-order valence-electron chi connectivity index (χ0n) is 15.9. The van der Waals surface area contributed by atoms with Crippen molar-refractivity contribution >= 4 is 29.9 Å². The first kappa shape index (κ1) is 22.8. The first-order valence-corrected chi connectivity index (χ1v) is 8.73. The first-order chi connectivity index (χ1) is 12.8. The summed E-state index contributed by atoms with van der Waals surface area (Å²) in [4.78, 5) is 4.57. The Balaban J connectivity index is 0.00000364. The molecule has 0 amide bonds. The maximum absolute atomic E-state index is 5.89. The number of rotatable bonds is 9. The molecule has 2 rings (SSSR count). The van der Waals surface area contributed by atoms with Gasteiger partial charge in [-0.05, 0) is 30.2 Å². The van der Waals surface area contributed by atoms with Crippen molar-refractivity contribution < 1.29 is 9.47 Å². The van der Waals surface area contributed by atoms with Gasteiger partial charge in [0.05, 0.1) is 13.7 Å². The second kappa shape index (κ2) is 13.0. The molecule has 0 unspecified atom stereocenters. The monoisotopic (exact) mass is 481 g/mol. The molecule has 0 radical (unpaired) electrons. The largest absolute Gasteiger partial charge is 0.493 e. The van der Waals surface area contributed by atoms with Gasteiger partial charge in [0.15, 0.2) is 17.5 Å². The number of aliphatic imine (C=N–C) groups is 1. The van der Waals surface area contributed by atoms with Crippen molar-refractivity contribution in [1.82, 2.24) is 10.6 Å². The number of methoxy groups -OCH3 is 1. The molecule has 0 aliphatic carbocycles. The molecule has 0 aliphatic rings. The standard InChI is InChI=1S/C21H27N3O2.HI/c1-4-13-23-21(22-5-2)24-15-18-11-12-19(20(14-18)25-3)26-16-17-9-7-6-8-10-17;/h4,6-12,14H,1,5,13,15-16H2,2-3H3,(H2,22,23,24);1H. The number of nitrogens with one attached hydrogen (secondary N) is 2. The number of hydrogen-bond acceptors (Lipinski definition) is 3. The van der Waals surface area contributed by atoms with Gasteiger partial charge in [-0.25, -0.2) is 4.99 Å². The topological polar surface area (TPSA) is 54.9 Å². The number of benzene rings is 2. The van der Waals surface area contributed by atoms with Gasteiger partial charge in [-0.3, -0.25) is 0 Å². The first-order valence-electron chi connectivity index (χ1n) is 8.73. The summed E-state index contributed by atoms with van der Waals surface area (Å²) in [6, 6.07) is 16.0. The Morgan fingerprint density at radius 2 is 1.85 bits per heavy atom. The van der Waals surface area contributed by atoms with Crippen molar-refractivity contribution in [1.29, 1.82) is 0 Å². The number of guanidine groups is 1. The molecule has 0 atom stereocenters. The summed E-state index contributed by atoms with van der Waals surface area (Å²) in [6.45, 7) is 8.26. The zero-order valence-corrected chi connectivity index (χ0v) is 18.2. The van der Waals surface area contributed by atoms with Gasteiger partial charge in [0, 0.05) is 13.1 Å². The van der Waals surface area contributed by atoms with Crippen molar-refractivity contribution in [2.75, 3.05) is 20.2 Å². The van der Waals surface area contributed by atoms with Crippen LogP contribution < -0.4 is 20.1 Å². The third-order valence-corrected chi connectivity index (χ3v) is 3.64. The van der Waals surface area contributed by atoms with Gasteiger partial charge >= 0.3 is 0 Å². The third kappa shape index (κ3) is 7.90. The minimum absolute atomic E-state index is 0. The van der Waals surface area contributed by atoms with Crippen LogP contribution >= 0.6 is 24.0 Å². The molecule has 0 fully saturated rings. The fraction of sp³-hybridized carbons (Fsp3) is 0.286. The highest BCUT2D eigenvalue weighted by Gasteiger charge is 2.06. The predicted octanol–water partition coefficient (Wildman–Crippen LogP) is 4.13. The predicted molar refractivity (Wildman–Crippen MR) is 122 cm³/mol. The van der Waals surface area contributed by atoms with Gasteiger partial charge in [-0.15, -0.1) is 30.6 Å². The van der Waals surface area contributed by atoms with E-state index in [1.807, 2.05) is 55.5 Å². The highest BCUT2D eigenvalue weighted by atomic mass is 127. The normalized spacial score (nSPS) is 10.5.